The van der Waals surface area contributed by atoms with Crippen LogP contribution in [-0.4, -0.2) is 29.3 Å². The quantitative estimate of drug-likeness (QED) is 0.606. The molecule has 2 aromatic rings. The fourth-order valence-electron chi connectivity index (χ4n) is 1.49. The van der Waals surface area contributed by atoms with Gasteiger partial charge in [-0.25, -0.2) is 4.79 Å². The highest BCUT2D eigenvalue weighted by atomic mass is 28.3. The van der Waals surface area contributed by atoms with Crippen LogP contribution in [0.15, 0.2) is 45.6 Å². The SMILES string of the molecule is CCO[Si](OCC)OCC.O=c1ccc2ccccc2o1. The zero-order valence-electron chi connectivity index (χ0n) is 12.6. The van der Waals surface area contributed by atoms with Crippen molar-refractivity contribution in [1.29, 1.82) is 0 Å². The van der Waals surface area contributed by atoms with E-state index in [1.165, 1.54) is 6.07 Å². The summed E-state index contributed by atoms with van der Waals surface area (Å²) >= 11 is 0. The second-order valence-electron chi connectivity index (χ2n) is 3.84. The van der Waals surface area contributed by atoms with Gasteiger partial charge in [-0.15, -0.1) is 0 Å². The first kappa shape index (κ1) is 17.6. The van der Waals surface area contributed by atoms with E-state index in [1.54, 1.807) is 12.1 Å². The van der Waals surface area contributed by atoms with Crippen LogP contribution in [0.25, 0.3) is 11.0 Å². The van der Waals surface area contributed by atoms with Crippen molar-refractivity contribution < 1.29 is 17.7 Å². The standard InChI is InChI=1S/C9H6O2.C6H15O3Si/c10-9-6-5-7-3-1-2-4-8(7)11-9;1-4-7-10(8-5-2)9-6-3/h1-6H;4-6H2,1-3H3. The third-order valence-electron chi connectivity index (χ3n) is 2.32. The molecule has 6 heteroatoms. The van der Waals surface area contributed by atoms with Crippen molar-refractivity contribution in [2.75, 3.05) is 19.8 Å². The molecule has 0 spiro atoms. The van der Waals surface area contributed by atoms with E-state index in [4.69, 9.17) is 17.7 Å². The van der Waals surface area contributed by atoms with E-state index in [1.807, 2.05) is 39.0 Å². The van der Waals surface area contributed by atoms with Crippen LogP contribution in [-0.2, 0) is 13.3 Å². The van der Waals surface area contributed by atoms with Gasteiger partial charge in [0.15, 0.2) is 0 Å². The lowest BCUT2D eigenvalue weighted by Gasteiger charge is -2.10. The van der Waals surface area contributed by atoms with Crippen LogP contribution in [0.3, 0.4) is 0 Å². The van der Waals surface area contributed by atoms with E-state index in [2.05, 4.69) is 0 Å². The summed E-state index contributed by atoms with van der Waals surface area (Å²) in [5.41, 5.74) is 0.337. The van der Waals surface area contributed by atoms with E-state index in [9.17, 15) is 4.79 Å². The third-order valence-corrected chi connectivity index (χ3v) is 3.89. The fraction of sp³-hybridized carbons (Fsp3) is 0.400. The first-order chi connectivity index (χ1) is 10.2. The molecule has 0 aliphatic rings. The molecular formula is C15H21O5Si. The van der Waals surface area contributed by atoms with E-state index >= 15 is 0 Å². The van der Waals surface area contributed by atoms with Gasteiger partial charge in [0.2, 0.25) is 0 Å². The molecule has 0 atom stereocenters. The molecule has 0 amide bonds. The van der Waals surface area contributed by atoms with Gasteiger partial charge >= 0.3 is 15.2 Å². The molecule has 0 N–H and O–H groups in total. The van der Waals surface area contributed by atoms with Crippen LogP contribution in [0.2, 0.25) is 0 Å². The molecule has 5 nitrogen and oxygen atoms in total. The molecule has 21 heavy (non-hydrogen) atoms. The fourth-order valence-corrected chi connectivity index (χ4v) is 2.45. The summed E-state index contributed by atoms with van der Waals surface area (Å²) in [5, 5.41) is 0.951. The molecule has 115 valence electrons. The number of fused-ring (bicyclic) bond motifs is 1. The molecule has 0 unspecified atom stereocenters. The van der Waals surface area contributed by atoms with Gasteiger partial charge in [0, 0.05) is 31.3 Å². The molecule has 0 bridgehead atoms. The minimum absolute atomic E-state index is 0.302. The Labute approximate surface area is 126 Å². The average Bonchev–Trinajstić information content (AvgIpc) is 2.48. The maximum absolute atomic E-state index is 10.7. The van der Waals surface area contributed by atoms with Crippen LogP contribution in [0.4, 0.5) is 0 Å². The highest BCUT2D eigenvalue weighted by Gasteiger charge is 2.15. The van der Waals surface area contributed by atoms with Crippen LogP contribution in [0.5, 0.6) is 0 Å². The van der Waals surface area contributed by atoms with Gasteiger partial charge in [-0.05, 0) is 32.9 Å². The van der Waals surface area contributed by atoms with Gasteiger partial charge in [-0.2, -0.15) is 0 Å². The summed E-state index contributed by atoms with van der Waals surface area (Å²) in [5.74, 6) is 0. The van der Waals surface area contributed by atoms with Crippen LogP contribution in [0.1, 0.15) is 20.8 Å². The van der Waals surface area contributed by atoms with Crippen LogP contribution >= 0.6 is 0 Å². The van der Waals surface area contributed by atoms with Crippen molar-refractivity contribution in [2.24, 2.45) is 0 Å². The third kappa shape index (κ3) is 6.68. The van der Waals surface area contributed by atoms with Crippen molar-refractivity contribution in [1.82, 2.24) is 0 Å². The lowest BCUT2D eigenvalue weighted by atomic mass is 10.2. The predicted octanol–water partition coefficient (Wildman–Crippen LogP) is 2.87. The highest BCUT2D eigenvalue weighted by molar-refractivity contribution is 6.36. The van der Waals surface area contributed by atoms with E-state index < -0.39 is 9.53 Å². The Hall–Kier alpha value is -1.47. The molecular weight excluding hydrogens is 288 g/mol. The lowest BCUT2D eigenvalue weighted by Crippen LogP contribution is -2.27. The molecule has 0 fully saturated rings. The summed E-state index contributed by atoms with van der Waals surface area (Å²) < 4.78 is 20.4. The number of para-hydroxylation sites is 1. The van der Waals surface area contributed by atoms with Gasteiger partial charge in [0.05, 0.1) is 0 Å². The van der Waals surface area contributed by atoms with Gasteiger partial charge in [0.1, 0.15) is 5.58 Å². The van der Waals surface area contributed by atoms with E-state index in [-0.39, 0.29) is 5.63 Å². The Balaban J connectivity index is 0.000000212. The molecule has 1 aromatic heterocycles. The molecule has 0 aliphatic heterocycles. The normalized spacial score (nSPS) is 10.5. The topological polar surface area (TPSA) is 57.9 Å². The number of hydrogen-bond donors (Lipinski definition) is 0. The smallest absolute Gasteiger partial charge is 0.423 e. The lowest BCUT2D eigenvalue weighted by molar-refractivity contribution is 0.107. The molecule has 0 saturated heterocycles. The summed E-state index contributed by atoms with van der Waals surface area (Å²) in [6.45, 7) is 7.78. The summed E-state index contributed by atoms with van der Waals surface area (Å²) in [6.07, 6.45) is 0. The minimum Gasteiger partial charge on any atom is -0.423 e. The van der Waals surface area contributed by atoms with Crippen molar-refractivity contribution in [3.8, 4) is 0 Å². The van der Waals surface area contributed by atoms with E-state index in [0.717, 1.165) is 5.39 Å². The Kier molecular flexibility index (Phi) is 8.61. The zero-order chi connectivity index (χ0) is 15.5. The van der Waals surface area contributed by atoms with Gasteiger partial charge in [0.25, 0.3) is 0 Å². The van der Waals surface area contributed by atoms with E-state index in [0.29, 0.717) is 25.4 Å². The Morgan fingerprint density at radius 2 is 1.48 bits per heavy atom. The second kappa shape index (κ2) is 10.3. The molecule has 1 heterocycles. The van der Waals surface area contributed by atoms with Crippen molar-refractivity contribution in [2.45, 2.75) is 20.8 Å². The Morgan fingerprint density at radius 3 is 2.05 bits per heavy atom. The number of rotatable bonds is 6. The monoisotopic (exact) mass is 309 g/mol. The van der Waals surface area contributed by atoms with Gasteiger partial charge in [-0.3, -0.25) is 0 Å². The number of benzene rings is 1. The molecule has 2 rings (SSSR count). The molecule has 0 saturated carbocycles. The summed E-state index contributed by atoms with van der Waals surface area (Å²) in [7, 11) is -1.40. The number of hydrogen-bond acceptors (Lipinski definition) is 5. The highest BCUT2D eigenvalue weighted by Crippen LogP contribution is 2.08. The largest absolute Gasteiger partial charge is 0.577 e. The Bertz CT molecular complexity index is 555. The molecule has 1 radical (unpaired) electrons. The maximum atomic E-state index is 10.7. The minimum atomic E-state index is -1.40. The van der Waals surface area contributed by atoms with Crippen molar-refractivity contribution in [3.63, 3.8) is 0 Å². The van der Waals surface area contributed by atoms with Gasteiger partial charge in [-0.1, -0.05) is 18.2 Å². The van der Waals surface area contributed by atoms with Crippen LogP contribution in [0, 0.1) is 0 Å². The first-order valence-electron chi connectivity index (χ1n) is 6.95. The van der Waals surface area contributed by atoms with Crippen LogP contribution < -0.4 is 5.63 Å². The molecule has 0 aliphatic carbocycles. The maximum Gasteiger partial charge on any atom is 0.577 e. The summed E-state index contributed by atoms with van der Waals surface area (Å²) in [4.78, 5) is 10.7. The first-order valence-corrected chi connectivity index (χ1v) is 8.17. The second-order valence-corrected chi connectivity index (χ2v) is 5.21. The predicted molar refractivity (Wildman–Crippen MR) is 83.1 cm³/mol. The van der Waals surface area contributed by atoms with Crippen molar-refractivity contribution in [3.05, 3.63) is 46.8 Å². The Morgan fingerprint density at radius 1 is 0.905 bits per heavy atom. The average molecular weight is 309 g/mol. The zero-order valence-corrected chi connectivity index (χ0v) is 13.6. The summed E-state index contributed by atoms with van der Waals surface area (Å²) in [6, 6.07) is 10.6. The van der Waals surface area contributed by atoms with Crippen molar-refractivity contribution >= 4 is 20.5 Å². The van der Waals surface area contributed by atoms with Gasteiger partial charge < -0.3 is 17.7 Å². The molecule has 1 aromatic carbocycles.